The number of likely N-dealkylation sites (N-methyl/N-ethyl adjacent to an activating group) is 1. The molecule has 0 spiro atoms. The van der Waals surface area contributed by atoms with Crippen molar-refractivity contribution < 1.29 is 14.3 Å². The van der Waals surface area contributed by atoms with Crippen LogP contribution >= 0.6 is 12.4 Å². The molecule has 0 aliphatic carbocycles. The van der Waals surface area contributed by atoms with Gasteiger partial charge >= 0.3 is 0 Å². The number of benzene rings is 1. The Labute approximate surface area is 137 Å². The lowest BCUT2D eigenvalue weighted by Crippen LogP contribution is -2.28. The van der Waals surface area contributed by atoms with E-state index in [1.807, 2.05) is 13.8 Å². The molecule has 0 aliphatic rings. The quantitative estimate of drug-likeness (QED) is 0.676. The van der Waals surface area contributed by atoms with Gasteiger partial charge in [-0.2, -0.15) is 0 Å². The summed E-state index contributed by atoms with van der Waals surface area (Å²) in [5, 5.41) is 5.43. The van der Waals surface area contributed by atoms with Crippen LogP contribution in [0.3, 0.4) is 0 Å². The zero-order chi connectivity index (χ0) is 15.7. The van der Waals surface area contributed by atoms with Crippen molar-refractivity contribution in [2.75, 3.05) is 18.5 Å². The molecule has 1 atom stereocenters. The van der Waals surface area contributed by atoms with Crippen LogP contribution in [0.25, 0.3) is 0 Å². The Morgan fingerprint density at radius 1 is 1.23 bits per heavy atom. The molecule has 1 aromatic carbocycles. The summed E-state index contributed by atoms with van der Waals surface area (Å²) in [6.07, 6.45) is 1.05. The number of nitrogens with one attached hydrogen (secondary N) is 2. The van der Waals surface area contributed by atoms with Crippen LogP contribution < -0.4 is 21.1 Å². The van der Waals surface area contributed by atoms with Gasteiger partial charge in [-0.05, 0) is 44.5 Å². The third-order valence-electron chi connectivity index (χ3n) is 2.71. The average Bonchev–Trinajstić information content (AvgIpc) is 2.45. The van der Waals surface area contributed by atoms with Crippen molar-refractivity contribution in [3.05, 3.63) is 24.3 Å². The number of halogens is 1. The Balaban J connectivity index is 0.00000441. The zero-order valence-electron chi connectivity index (χ0n) is 12.9. The maximum atomic E-state index is 11.6. The van der Waals surface area contributed by atoms with Crippen molar-refractivity contribution >= 4 is 29.9 Å². The summed E-state index contributed by atoms with van der Waals surface area (Å²) in [4.78, 5) is 22.9. The highest BCUT2D eigenvalue weighted by Gasteiger charge is 2.05. The Morgan fingerprint density at radius 2 is 1.86 bits per heavy atom. The molecule has 6 nitrogen and oxygen atoms in total. The molecule has 0 fully saturated rings. The molecule has 22 heavy (non-hydrogen) atoms. The first-order valence-electron chi connectivity index (χ1n) is 7.06. The lowest BCUT2D eigenvalue weighted by molar-refractivity contribution is -0.123. The van der Waals surface area contributed by atoms with Gasteiger partial charge in [0.2, 0.25) is 5.91 Å². The van der Waals surface area contributed by atoms with E-state index in [4.69, 9.17) is 10.5 Å². The topological polar surface area (TPSA) is 93.5 Å². The molecule has 7 heteroatoms. The second-order valence-electron chi connectivity index (χ2n) is 4.83. The minimum absolute atomic E-state index is 0. The average molecular weight is 330 g/mol. The molecular formula is C15H24ClN3O3. The zero-order valence-corrected chi connectivity index (χ0v) is 13.7. The van der Waals surface area contributed by atoms with Crippen molar-refractivity contribution in [1.82, 2.24) is 5.32 Å². The molecule has 0 heterocycles. The van der Waals surface area contributed by atoms with Crippen LogP contribution in [0.5, 0.6) is 5.75 Å². The van der Waals surface area contributed by atoms with E-state index in [1.54, 1.807) is 24.3 Å². The molecule has 124 valence electrons. The maximum Gasteiger partial charge on any atom is 0.257 e. The Morgan fingerprint density at radius 3 is 2.41 bits per heavy atom. The lowest BCUT2D eigenvalue weighted by atomic mass is 10.2. The molecule has 0 saturated carbocycles. The minimum Gasteiger partial charge on any atom is -0.484 e. The molecule has 0 aromatic heterocycles. The first kappa shape index (κ1) is 20.2. The number of hydrogen-bond donors (Lipinski definition) is 3. The molecule has 1 rings (SSSR count). The largest absolute Gasteiger partial charge is 0.484 e. The number of nitrogens with two attached hydrogens (primary N) is 1. The molecular weight excluding hydrogens is 306 g/mol. The van der Waals surface area contributed by atoms with E-state index < -0.39 is 0 Å². The van der Waals surface area contributed by atoms with E-state index in [9.17, 15) is 9.59 Å². The first-order chi connectivity index (χ1) is 10.0. The van der Waals surface area contributed by atoms with E-state index in [2.05, 4.69) is 10.6 Å². The standard InChI is InChI=1S/C15H23N3O3.ClH/c1-3-17-15(20)10-21-13-7-5-12(6-8-13)18-14(19)9-4-11(2)16;/h5-8,11H,3-4,9-10,16H2,1-2H3,(H,17,20)(H,18,19);1H. The summed E-state index contributed by atoms with van der Waals surface area (Å²) < 4.78 is 5.32. The SMILES string of the molecule is CCNC(=O)COc1ccc(NC(=O)CCC(C)N)cc1.Cl. The molecule has 1 unspecified atom stereocenters. The van der Waals surface area contributed by atoms with Crippen LogP contribution in [0.15, 0.2) is 24.3 Å². The third-order valence-corrected chi connectivity index (χ3v) is 2.71. The second-order valence-corrected chi connectivity index (χ2v) is 4.83. The summed E-state index contributed by atoms with van der Waals surface area (Å²) in [5.74, 6) is 0.351. The van der Waals surface area contributed by atoms with Gasteiger partial charge in [-0.25, -0.2) is 0 Å². The van der Waals surface area contributed by atoms with Crippen LogP contribution in [0, 0.1) is 0 Å². The third kappa shape index (κ3) is 8.49. The number of carbonyl (C=O) groups excluding carboxylic acids is 2. The number of carbonyl (C=O) groups is 2. The normalized spacial score (nSPS) is 11.0. The van der Waals surface area contributed by atoms with Gasteiger partial charge in [-0.15, -0.1) is 12.4 Å². The van der Waals surface area contributed by atoms with E-state index in [1.165, 1.54) is 0 Å². The highest BCUT2D eigenvalue weighted by atomic mass is 35.5. The minimum atomic E-state index is -0.161. The molecule has 0 bridgehead atoms. The highest BCUT2D eigenvalue weighted by Crippen LogP contribution is 2.16. The van der Waals surface area contributed by atoms with Crippen molar-refractivity contribution in [3.63, 3.8) is 0 Å². The van der Waals surface area contributed by atoms with Crippen molar-refractivity contribution in [1.29, 1.82) is 0 Å². The first-order valence-corrected chi connectivity index (χ1v) is 7.06. The van der Waals surface area contributed by atoms with Gasteiger partial charge in [0.05, 0.1) is 0 Å². The Hall–Kier alpha value is -1.79. The van der Waals surface area contributed by atoms with Crippen LogP contribution in [-0.2, 0) is 9.59 Å². The van der Waals surface area contributed by atoms with E-state index in [0.717, 1.165) is 0 Å². The van der Waals surface area contributed by atoms with E-state index in [-0.39, 0.29) is 36.9 Å². The van der Waals surface area contributed by atoms with Crippen molar-refractivity contribution in [2.45, 2.75) is 32.7 Å². The molecule has 4 N–H and O–H groups in total. The number of ether oxygens (including phenoxy) is 1. The fourth-order valence-corrected chi connectivity index (χ4v) is 1.61. The lowest BCUT2D eigenvalue weighted by Gasteiger charge is -2.09. The van der Waals surface area contributed by atoms with E-state index >= 15 is 0 Å². The monoisotopic (exact) mass is 329 g/mol. The van der Waals surface area contributed by atoms with Crippen LogP contribution in [0.1, 0.15) is 26.7 Å². The summed E-state index contributed by atoms with van der Waals surface area (Å²) >= 11 is 0. The van der Waals surface area contributed by atoms with Gasteiger partial charge in [0.25, 0.3) is 5.91 Å². The van der Waals surface area contributed by atoms with Gasteiger partial charge in [0.15, 0.2) is 6.61 Å². The van der Waals surface area contributed by atoms with E-state index in [0.29, 0.717) is 30.8 Å². The number of rotatable bonds is 8. The summed E-state index contributed by atoms with van der Waals surface area (Å²) in [6.45, 7) is 4.28. The van der Waals surface area contributed by atoms with Crippen molar-refractivity contribution in [2.24, 2.45) is 5.73 Å². The van der Waals surface area contributed by atoms with Gasteiger partial charge in [-0.3, -0.25) is 9.59 Å². The van der Waals surface area contributed by atoms with Gasteiger partial charge < -0.3 is 21.1 Å². The Bertz CT molecular complexity index is 464. The molecule has 0 saturated heterocycles. The number of amides is 2. The smallest absolute Gasteiger partial charge is 0.257 e. The predicted molar refractivity (Wildman–Crippen MR) is 89.4 cm³/mol. The van der Waals surface area contributed by atoms with Crippen LogP contribution in [0.2, 0.25) is 0 Å². The molecule has 0 aliphatic heterocycles. The summed E-state index contributed by atoms with van der Waals surface area (Å²) in [7, 11) is 0. The fraction of sp³-hybridized carbons (Fsp3) is 0.467. The van der Waals surface area contributed by atoms with Gasteiger partial charge in [0, 0.05) is 24.7 Å². The highest BCUT2D eigenvalue weighted by molar-refractivity contribution is 5.90. The van der Waals surface area contributed by atoms with Gasteiger partial charge in [0.1, 0.15) is 5.75 Å². The fourth-order valence-electron chi connectivity index (χ4n) is 1.61. The molecule has 2 amide bonds. The summed E-state index contributed by atoms with van der Waals surface area (Å²) in [5.41, 5.74) is 6.29. The van der Waals surface area contributed by atoms with Crippen molar-refractivity contribution in [3.8, 4) is 5.75 Å². The second kappa shape index (κ2) is 10.9. The molecule has 1 aromatic rings. The molecule has 0 radical (unpaired) electrons. The Kier molecular flexibility index (Phi) is 9.98. The number of hydrogen-bond acceptors (Lipinski definition) is 4. The van der Waals surface area contributed by atoms with Crippen LogP contribution in [-0.4, -0.2) is 31.0 Å². The van der Waals surface area contributed by atoms with Crippen LogP contribution in [0.4, 0.5) is 5.69 Å². The van der Waals surface area contributed by atoms with Gasteiger partial charge in [-0.1, -0.05) is 0 Å². The number of anilines is 1. The summed E-state index contributed by atoms with van der Waals surface area (Å²) in [6, 6.07) is 6.90. The predicted octanol–water partition coefficient (Wildman–Crippen LogP) is 1.69. The maximum absolute atomic E-state index is 11.6.